The smallest absolute Gasteiger partial charge is 0.0733 e. The van der Waals surface area contributed by atoms with Gasteiger partial charge in [0.15, 0.2) is 0 Å². The zero-order valence-corrected chi connectivity index (χ0v) is 10.2. The molecular weight excluding hydrogens is 243 g/mol. The number of aliphatic imine (C=N–C) groups is 1. The molecule has 2 aromatic rings. The maximum atomic E-state index is 5.88. The average Bonchev–Trinajstić information content (AvgIpc) is 2.67. The molecule has 2 nitrogen and oxygen atoms in total. The Hall–Kier alpha value is -0.990. The molecule has 1 aromatic carbocycles. The first kappa shape index (κ1) is 11.5. The Kier molecular flexibility index (Phi) is 3.22. The molecule has 0 bridgehead atoms. The van der Waals surface area contributed by atoms with Crippen molar-refractivity contribution < 1.29 is 0 Å². The maximum Gasteiger partial charge on any atom is 0.0733 e. The molecule has 1 aliphatic heterocycles. The third kappa shape index (κ3) is 1.62. The summed E-state index contributed by atoms with van der Waals surface area (Å²) in [7, 11) is 0. The Morgan fingerprint density at radius 3 is 2.94 bits per heavy atom. The van der Waals surface area contributed by atoms with Gasteiger partial charge in [0.1, 0.15) is 0 Å². The van der Waals surface area contributed by atoms with Crippen molar-refractivity contribution in [2.45, 2.75) is 6.42 Å². The summed E-state index contributed by atoms with van der Waals surface area (Å²) in [4.78, 5) is 7.84. The molecule has 0 saturated carbocycles. The number of para-hydroxylation sites is 1. The van der Waals surface area contributed by atoms with Crippen LogP contribution in [0.2, 0.25) is 0 Å². The predicted octanol–water partition coefficient (Wildman–Crippen LogP) is 3.17. The van der Waals surface area contributed by atoms with Crippen molar-refractivity contribution in [3.8, 4) is 0 Å². The van der Waals surface area contributed by atoms with Gasteiger partial charge in [-0.25, -0.2) is 0 Å². The Labute approximate surface area is 105 Å². The number of aromatic amines is 1. The molecule has 1 aromatic heterocycles. The van der Waals surface area contributed by atoms with E-state index in [0.29, 0.717) is 5.88 Å². The van der Waals surface area contributed by atoms with Crippen molar-refractivity contribution in [1.29, 1.82) is 0 Å². The van der Waals surface area contributed by atoms with Crippen molar-refractivity contribution in [2.75, 3.05) is 12.4 Å². The largest absolute Gasteiger partial charge is 0.353 e. The molecule has 0 saturated heterocycles. The van der Waals surface area contributed by atoms with E-state index in [1.165, 1.54) is 16.5 Å². The molecule has 3 rings (SSSR count). The van der Waals surface area contributed by atoms with Crippen LogP contribution in [0, 0.1) is 0 Å². The maximum absolute atomic E-state index is 5.88. The predicted molar refractivity (Wildman–Crippen MR) is 71.4 cm³/mol. The van der Waals surface area contributed by atoms with E-state index in [9.17, 15) is 0 Å². The van der Waals surface area contributed by atoms with E-state index in [1.54, 1.807) is 0 Å². The summed E-state index contributed by atoms with van der Waals surface area (Å²) >= 11 is 5.88. The minimum absolute atomic E-state index is 0. The van der Waals surface area contributed by atoms with E-state index in [2.05, 4.69) is 28.2 Å². The molecule has 0 atom stereocenters. The summed E-state index contributed by atoms with van der Waals surface area (Å²) in [5.74, 6) is 0.486. The Balaban J connectivity index is 0.000000963. The minimum atomic E-state index is 0. The summed E-state index contributed by atoms with van der Waals surface area (Å²) in [6.07, 6.45) is 1.01. The lowest BCUT2D eigenvalue weighted by Crippen LogP contribution is -2.13. The summed E-state index contributed by atoms with van der Waals surface area (Å²) in [5.41, 5.74) is 4.69. The SMILES string of the molecule is Cl.ClCC1=NCCc2c1[nH]c1ccccc21. The number of hydrogen-bond acceptors (Lipinski definition) is 1. The van der Waals surface area contributed by atoms with Gasteiger partial charge in [0.25, 0.3) is 0 Å². The van der Waals surface area contributed by atoms with Gasteiger partial charge in [0.2, 0.25) is 0 Å². The van der Waals surface area contributed by atoms with Gasteiger partial charge in [-0.05, 0) is 18.1 Å². The highest BCUT2D eigenvalue weighted by Gasteiger charge is 2.17. The number of rotatable bonds is 1. The second kappa shape index (κ2) is 4.48. The minimum Gasteiger partial charge on any atom is -0.353 e. The van der Waals surface area contributed by atoms with Gasteiger partial charge >= 0.3 is 0 Å². The van der Waals surface area contributed by atoms with Gasteiger partial charge in [0.05, 0.1) is 17.3 Å². The highest BCUT2D eigenvalue weighted by molar-refractivity contribution is 6.32. The van der Waals surface area contributed by atoms with Crippen LogP contribution in [-0.4, -0.2) is 23.1 Å². The van der Waals surface area contributed by atoms with Crippen molar-refractivity contribution in [3.63, 3.8) is 0 Å². The topological polar surface area (TPSA) is 28.1 Å². The Morgan fingerprint density at radius 2 is 2.12 bits per heavy atom. The molecule has 0 amide bonds. The van der Waals surface area contributed by atoms with E-state index in [-0.39, 0.29) is 12.4 Å². The molecule has 0 radical (unpaired) electrons. The standard InChI is InChI=1S/C12H11ClN2.ClH/c13-7-11-12-9(5-6-14-11)8-3-1-2-4-10(8)15-12;/h1-4,15H,5-7H2;1H. The number of nitrogens with one attached hydrogen (secondary N) is 1. The van der Waals surface area contributed by atoms with E-state index < -0.39 is 0 Å². The molecule has 16 heavy (non-hydrogen) atoms. The highest BCUT2D eigenvalue weighted by atomic mass is 35.5. The number of alkyl halides is 1. The van der Waals surface area contributed by atoms with E-state index in [1.807, 2.05) is 6.07 Å². The third-order valence-corrected chi connectivity index (χ3v) is 3.15. The van der Waals surface area contributed by atoms with E-state index >= 15 is 0 Å². The van der Waals surface area contributed by atoms with Crippen molar-refractivity contribution in [3.05, 3.63) is 35.5 Å². The molecule has 84 valence electrons. The number of hydrogen-bond donors (Lipinski definition) is 1. The number of aromatic nitrogens is 1. The van der Waals surface area contributed by atoms with Crippen LogP contribution in [0.1, 0.15) is 11.3 Å². The van der Waals surface area contributed by atoms with Crippen LogP contribution in [0.5, 0.6) is 0 Å². The molecule has 1 aliphatic rings. The molecule has 2 heterocycles. The summed E-state index contributed by atoms with van der Waals surface area (Å²) in [5, 5.41) is 1.31. The number of fused-ring (bicyclic) bond motifs is 3. The quantitative estimate of drug-likeness (QED) is 0.758. The van der Waals surface area contributed by atoms with Crippen LogP contribution in [0.4, 0.5) is 0 Å². The van der Waals surface area contributed by atoms with Gasteiger partial charge in [0, 0.05) is 17.4 Å². The lowest BCUT2D eigenvalue weighted by Gasteiger charge is -2.10. The molecule has 0 spiro atoms. The summed E-state index contributed by atoms with van der Waals surface area (Å²) in [6.45, 7) is 0.858. The second-order valence-corrected chi connectivity index (χ2v) is 4.00. The van der Waals surface area contributed by atoms with E-state index in [4.69, 9.17) is 11.6 Å². The number of H-pyrrole nitrogens is 1. The van der Waals surface area contributed by atoms with Gasteiger partial charge in [-0.3, -0.25) is 4.99 Å². The number of benzene rings is 1. The fraction of sp³-hybridized carbons (Fsp3) is 0.250. The van der Waals surface area contributed by atoms with Gasteiger partial charge < -0.3 is 4.98 Å². The zero-order valence-electron chi connectivity index (χ0n) is 8.66. The summed E-state index contributed by atoms with van der Waals surface area (Å²) < 4.78 is 0. The first-order valence-electron chi connectivity index (χ1n) is 5.09. The van der Waals surface area contributed by atoms with Gasteiger partial charge in [-0.2, -0.15) is 0 Å². The van der Waals surface area contributed by atoms with Crippen LogP contribution >= 0.6 is 24.0 Å². The second-order valence-electron chi connectivity index (χ2n) is 3.74. The van der Waals surface area contributed by atoms with Crippen molar-refractivity contribution >= 4 is 40.6 Å². The fourth-order valence-corrected chi connectivity index (χ4v) is 2.41. The van der Waals surface area contributed by atoms with Crippen LogP contribution in [-0.2, 0) is 6.42 Å². The average molecular weight is 255 g/mol. The van der Waals surface area contributed by atoms with Gasteiger partial charge in [-0.15, -0.1) is 24.0 Å². The summed E-state index contributed by atoms with van der Waals surface area (Å²) in [6, 6.07) is 8.37. The van der Waals surface area contributed by atoms with Crippen LogP contribution in [0.3, 0.4) is 0 Å². The van der Waals surface area contributed by atoms with Crippen LogP contribution < -0.4 is 0 Å². The first-order valence-corrected chi connectivity index (χ1v) is 5.63. The lowest BCUT2D eigenvalue weighted by molar-refractivity contribution is 0.946. The molecule has 0 fully saturated rings. The fourth-order valence-electron chi connectivity index (χ4n) is 2.20. The Bertz CT molecular complexity index is 543. The monoisotopic (exact) mass is 254 g/mol. The first-order chi connectivity index (χ1) is 7.40. The van der Waals surface area contributed by atoms with Gasteiger partial charge in [-0.1, -0.05) is 18.2 Å². The van der Waals surface area contributed by atoms with Crippen molar-refractivity contribution in [2.24, 2.45) is 4.99 Å². The number of halogens is 2. The third-order valence-electron chi connectivity index (χ3n) is 2.89. The highest BCUT2D eigenvalue weighted by Crippen LogP contribution is 2.26. The Morgan fingerprint density at radius 1 is 1.31 bits per heavy atom. The molecule has 0 unspecified atom stereocenters. The molecular formula is C12H12Cl2N2. The van der Waals surface area contributed by atoms with Crippen LogP contribution in [0.15, 0.2) is 29.3 Å². The molecule has 4 heteroatoms. The normalized spacial score (nSPS) is 14.2. The lowest BCUT2D eigenvalue weighted by atomic mass is 10.0. The molecule has 1 N–H and O–H groups in total. The zero-order chi connectivity index (χ0) is 10.3. The molecule has 0 aliphatic carbocycles. The van der Waals surface area contributed by atoms with Crippen molar-refractivity contribution in [1.82, 2.24) is 4.98 Å². The van der Waals surface area contributed by atoms with E-state index in [0.717, 1.165) is 24.4 Å². The van der Waals surface area contributed by atoms with Crippen LogP contribution in [0.25, 0.3) is 10.9 Å². The number of nitrogens with zero attached hydrogens (tertiary/aromatic N) is 1.